The minimum atomic E-state index is -0.767. The molecule has 8 bridgehead atoms. The van der Waals surface area contributed by atoms with Gasteiger partial charge in [-0.2, -0.15) is 0 Å². The highest BCUT2D eigenvalue weighted by atomic mass is 33.1. The molecule has 3 aromatic carbocycles. The smallest absolute Gasteiger partial charge is 0.165 e. The topological polar surface area (TPSA) is 172 Å². The van der Waals surface area contributed by atoms with E-state index < -0.39 is 18.2 Å². The minimum Gasteiger partial charge on any atom is -0.508 e. The normalized spacial score (nSPS) is 23.4. The molecule has 4 atom stereocenters. The summed E-state index contributed by atoms with van der Waals surface area (Å²) >= 11 is 0. The second kappa shape index (κ2) is 18.6. The first-order valence-corrected chi connectivity index (χ1v) is 22.8. The third kappa shape index (κ3) is 9.70. The number of carbonyl (C=O) groups is 2. The molecule has 304 valence electrons. The fourth-order valence-electron chi connectivity index (χ4n) is 8.69. The molecular weight excluding hydrogens is 767 g/mol. The number of nitrogens with two attached hydrogens (primary N) is 2. The number of H-pyrrole nitrogens is 1. The Balaban J connectivity index is 1.28. The molecule has 0 unspecified atom stereocenters. The zero-order chi connectivity index (χ0) is 40.8. The van der Waals surface area contributed by atoms with Crippen LogP contribution in [0.15, 0.2) is 72.9 Å². The number of aliphatic hydroxyl groups is 1. The fourth-order valence-corrected chi connectivity index (χ4v) is 11.2. The Morgan fingerprint density at radius 2 is 1.78 bits per heavy atom. The molecule has 0 saturated heterocycles. The zero-order valence-electron chi connectivity index (χ0n) is 33.0. The highest BCUT2D eigenvalue weighted by molar-refractivity contribution is 8.76. The number of aryl methyl sites for hydroxylation is 1. The summed E-state index contributed by atoms with van der Waals surface area (Å²) in [7, 11) is 3.39. The Morgan fingerprint density at radius 3 is 2.59 bits per heavy atom. The Bertz CT molecular complexity index is 2240. The molecule has 1 saturated carbocycles. The molecule has 0 amide bonds. The van der Waals surface area contributed by atoms with E-state index in [-0.39, 0.29) is 47.4 Å². The molecule has 11 heteroatoms. The van der Waals surface area contributed by atoms with Gasteiger partial charge in [0.25, 0.3) is 0 Å². The van der Waals surface area contributed by atoms with Crippen molar-refractivity contribution in [1.29, 1.82) is 0 Å². The third-order valence-corrected chi connectivity index (χ3v) is 14.3. The lowest BCUT2D eigenvalue weighted by Gasteiger charge is -2.25. The molecule has 1 aromatic heterocycles. The summed E-state index contributed by atoms with van der Waals surface area (Å²) in [5.74, 6) is 7.85. The first-order valence-electron chi connectivity index (χ1n) is 20.3. The number of allylic oxidation sites excluding steroid dienone is 2. The summed E-state index contributed by atoms with van der Waals surface area (Å²) in [6, 6.07) is 16.4. The first kappa shape index (κ1) is 41.7. The van der Waals surface area contributed by atoms with Crippen molar-refractivity contribution in [1.82, 2.24) is 4.98 Å². The van der Waals surface area contributed by atoms with Crippen LogP contribution in [-0.4, -0.2) is 50.3 Å². The number of phenolic OH excluding ortho intramolecular Hbond substituents is 2. The molecule has 0 spiro atoms. The number of phenols is 2. The number of fused-ring (bicyclic) bond motifs is 9. The standard InChI is InChI=1S/C47H53N3O6S2/c1-2-3-16-47-17-13-34(51)10-7-29-9-12-42(53)45(21-29)56-19-15-30-8-11-41(52)39(20-30)38-24-43(54)35-14-18-50-40(35)6-4-5-31-22-37(46(48)49)32(23-36(31)38)27-57-58-28-33(25-47)44(55)26-47/h8-9,11-14,17-18,20-23,33,38,44,46,50,52-53,55H,2-3,6-7,10,15-16,19,24-28,48-49H2,1H3/b17-13+/t33-,38+,44+,47+/m0/s1. The molecule has 58 heavy (non-hydrogen) atoms. The van der Waals surface area contributed by atoms with Crippen LogP contribution in [0.4, 0.5) is 0 Å². The zero-order valence-corrected chi connectivity index (χ0v) is 34.6. The number of ketones is 2. The lowest BCUT2D eigenvalue weighted by molar-refractivity contribution is -0.114. The maximum atomic E-state index is 14.1. The number of carbonyl (C=O) groups excluding carboxylic acids is 2. The summed E-state index contributed by atoms with van der Waals surface area (Å²) in [5, 5.41) is 33.5. The number of hydrogen-bond acceptors (Lipinski definition) is 10. The number of Topliss-reactive ketones (excluding diaryl/α,β-unsaturated/α-hetero) is 1. The van der Waals surface area contributed by atoms with Gasteiger partial charge in [-0.1, -0.05) is 83.5 Å². The van der Waals surface area contributed by atoms with E-state index in [1.54, 1.807) is 58.1 Å². The van der Waals surface area contributed by atoms with E-state index in [9.17, 15) is 24.9 Å². The monoisotopic (exact) mass is 819 g/mol. The molecular formula is C47H53N3O6S2. The maximum Gasteiger partial charge on any atom is 0.165 e. The van der Waals surface area contributed by atoms with Crippen molar-refractivity contribution in [3.05, 3.63) is 123 Å². The summed E-state index contributed by atoms with van der Waals surface area (Å²) < 4.78 is 6.11. The Morgan fingerprint density at radius 1 is 0.966 bits per heavy atom. The van der Waals surface area contributed by atoms with E-state index in [0.29, 0.717) is 60.3 Å². The Kier molecular flexibility index (Phi) is 13.4. The van der Waals surface area contributed by atoms with E-state index in [1.165, 1.54) is 0 Å². The lowest BCUT2D eigenvalue weighted by atomic mass is 9.79. The number of hydrogen-bond donors (Lipinski definition) is 6. The van der Waals surface area contributed by atoms with Gasteiger partial charge in [0.2, 0.25) is 0 Å². The SMILES string of the molecule is CCCC[C@@]12/C=C/C(=O)CCc3ccc(O)c(c3)OCCc3ccc(O)c(c3)[C@@H]3CC(=O)c4cc[nH]c4CC#Cc4cc(C(N)N)c(cc43)CSSC[C@H](C1)[C@H](O)C2. The summed E-state index contributed by atoms with van der Waals surface area (Å²) in [5.41, 5.74) is 19.5. The van der Waals surface area contributed by atoms with Crippen LogP contribution in [0.25, 0.3) is 0 Å². The van der Waals surface area contributed by atoms with Gasteiger partial charge in [0.1, 0.15) is 5.75 Å². The molecule has 1 aliphatic heterocycles. The van der Waals surface area contributed by atoms with Gasteiger partial charge in [0.15, 0.2) is 23.1 Å². The van der Waals surface area contributed by atoms with Crippen LogP contribution in [0.5, 0.6) is 17.2 Å². The Hall–Kier alpha value is -4.44. The van der Waals surface area contributed by atoms with Crippen molar-refractivity contribution < 1.29 is 29.6 Å². The van der Waals surface area contributed by atoms with Crippen molar-refractivity contribution in [2.75, 3.05) is 12.4 Å². The highest BCUT2D eigenvalue weighted by Gasteiger charge is 2.42. The molecule has 3 aliphatic rings. The predicted molar refractivity (Wildman–Crippen MR) is 232 cm³/mol. The predicted octanol–water partition coefficient (Wildman–Crippen LogP) is 8.18. The second-order valence-electron chi connectivity index (χ2n) is 16.0. The van der Waals surface area contributed by atoms with Gasteiger partial charge >= 0.3 is 0 Å². The molecule has 8 N–H and O–H groups in total. The average Bonchev–Trinajstić information content (AvgIpc) is 3.81. The van der Waals surface area contributed by atoms with Crippen LogP contribution in [0.1, 0.15) is 119 Å². The third-order valence-electron chi connectivity index (χ3n) is 11.9. The molecule has 7 rings (SSSR count). The highest BCUT2D eigenvalue weighted by Crippen LogP contribution is 2.49. The second-order valence-corrected chi connectivity index (χ2v) is 18.5. The summed E-state index contributed by atoms with van der Waals surface area (Å²) in [4.78, 5) is 30.5. The minimum absolute atomic E-state index is 0.0106. The lowest BCUT2D eigenvalue weighted by Crippen LogP contribution is -2.22. The van der Waals surface area contributed by atoms with Gasteiger partial charge in [0, 0.05) is 65.3 Å². The number of benzene rings is 3. The Labute approximate surface area is 348 Å². The van der Waals surface area contributed by atoms with Crippen molar-refractivity contribution in [3.63, 3.8) is 0 Å². The molecule has 4 aromatic rings. The number of rotatable bonds is 4. The number of ether oxygens (including phenoxy) is 1. The van der Waals surface area contributed by atoms with Crippen molar-refractivity contribution in [3.8, 4) is 29.1 Å². The maximum absolute atomic E-state index is 14.1. The molecule has 2 aliphatic carbocycles. The van der Waals surface area contributed by atoms with Gasteiger partial charge in [-0.25, -0.2) is 0 Å². The number of unbranched alkanes of at least 4 members (excludes halogenated alkanes) is 1. The van der Waals surface area contributed by atoms with Crippen LogP contribution in [0.2, 0.25) is 0 Å². The van der Waals surface area contributed by atoms with Crippen molar-refractivity contribution in [2.45, 2.75) is 95.1 Å². The first-order chi connectivity index (χ1) is 28.0. The molecule has 2 heterocycles. The van der Waals surface area contributed by atoms with Crippen LogP contribution >= 0.6 is 21.6 Å². The van der Waals surface area contributed by atoms with Crippen LogP contribution in [0.3, 0.4) is 0 Å². The molecule has 1 fully saturated rings. The molecule has 0 radical (unpaired) electrons. The van der Waals surface area contributed by atoms with Crippen LogP contribution < -0.4 is 16.2 Å². The summed E-state index contributed by atoms with van der Waals surface area (Å²) in [6.07, 6.45) is 10.5. The van der Waals surface area contributed by atoms with E-state index in [1.807, 2.05) is 24.3 Å². The van der Waals surface area contributed by atoms with Crippen LogP contribution in [-0.2, 0) is 29.8 Å². The van der Waals surface area contributed by atoms with E-state index >= 15 is 0 Å². The number of aromatic nitrogens is 1. The number of nitrogens with one attached hydrogen (secondary N) is 1. The summed E-state index contributed by atoms with van der Waals surface area (Å²) in [6.45, 7) is 2.40. The molecule has 9 nitrogen and oxygen atoms in total. The van der Waals surface area contributed by atoms with E-state index in [0.717, 1.165) is 64.9 Å². The fraction of sp³-hybridized carbons (Fsp3) is 0.404. The van der Waals surface area contributed by atoms with Gasteiger partial charge in [-0.15, -0.1) is 0 Å². The number of aromatic hydroxyl groups is 2. The van der Waals surface area contributed by atoms with Gasteiger partial charge < -0.3 is 36.5 Å². The van der Waals surface area contributed by atoms with Gasteiger partial charge in [-0.05, 0) is 101 Å². The largest absolute Gasteiger partial charge is 0.508 e. The van der Waals surface area contributed by atoms with Crippen molar-refractivity contribution in [2.24, 2.45) is 22.8 Å². The van der Waals surface area contributed by atoms with Crippen LogP contribution in [0, 0.1) is 23.2 Å². The quantitative estimate of drug-likeness (QED) is 0.0670. The van der Waals surface area contributed by atoms with Crippen molar-refractivity contribution >= 4 is 33.2 Å². The van der Waals surface area contributed by atoms with E-state index in [4.69, 9.17) is 16.2 Å². The average molecular weight is 820 g/mol. The number of aromatic amines is 1. The van der Waals surface area contributed by atoms with E-state index in [2.05, 4.69) is 35.9 Å². The van der Waals surface area contributed by atoms with Gasteiger partial charge in [-0.3, -0.25) is 9.59 Å². The van der Waals surface area contributed by atoms with Gasteiger partial charge in [0.05, 0.1) is 25.3 Å². The number of aliphatic hydroxyl groups excluding tert-OH is 1.